The molecule has 12 nitrogen and oxygen atoms in total. The van der Waals surface area contributed by atoms with E-state index < -0.39 is 46.3 Å². The summed E-state index contributed by atoms with van der Waals surface area (Å²) < 4.78 is 32.9. The Morgan fingerprint density at radius 3 is 2.38 bits per heavy atom. The van der Waals surface area contributed by atoms with Crippen LogP contribution >= 0.6 is 0 Å². The molecule has 1 saturated heterocycles. The molecular formula is C24H29N5O7S. The molecule has 1 heterocycles. The van der Waals surface area contributed by atoms with Crippen LogP contribution in [0.4, 0.5) is 0 Å². The van der Waals surface area contributed by atoms with Crippen LogP contribution in [0.3, 0.4) is 0 Å². The van der Waals surface area contributed by atoms with Gasteiger partial charge in [-0.1, -0.05) is 24.3 Å². The highest BCUT2D eigenvalue weighted by atomic mass is 32.2. The number of nitrogens with zero attached hydrogens (tertiary/aromatic N) is 1. The number of carboxylic acid groups (broad SMARTS) is 1. The van der Waals surface area contributed by atoms with Crippen molar-refractivity contribution in [1.29, 1.82) is 5.41 Å². The van der Waals surface area contributed by atoms with Gasteiger partial charge in [-0.3, -0.25) is 19.8 Å². The monoisotopic (exact) mass is 531 g/mol. The molecule has 2 aromatic rings. The van der Waals surface area contributed by atoms with Crippen LogP contribution in [-0.4, -0.2) is 67.8 Å². The molecule has 0 saturated carbocycles. The van der Waals surface area contributed by atoms with Crippen molar-refractivity contribution < 1.29 is 32.6 Å². The molecule has 13 heteroatoms. The number of likely N-dealkylation sites (tertiary alicyclic amines) is 1. The normalized spacial score (nSPS) is 16.1. The molecule has 37 heavy (non-hydrogen) atoms. The number of hydrogen-bond donors (Lipinski definition) is 5. The van der Waals surface area contributed by atoms with E-state index >= 15 is 0 Å². The molecule has 2 aromatic carbocycles. The van der Waals surface area contributed by atoms with Gasteiger partial charge < -0.3 is 25.8 Å². The minimum atomic E-state index is -4.24. The number of carbonyl (C=O) groups excluding carboxylic acids is 2. The van der Waals surface area contributed by atoms with Gasteiger partial charge in [-0.2, -0.15) is 4.72 Å². The summed E-state index contributed by atoms with van der Waals surface area (Å²) in [4.78, 5) is 38.7. The van der Waals surface area contributed by atoms with Crippen molar-refractivity contribution in [3.05, 3.63) is 59.7 Å². The zero-order valence-electron chi connectivity index (χ0n) is 20.1. The van der Waals surface area contributed by atoms with Crippen molar-refractivity contribution in [3.8, 4) is 5.75 Å². The van der Waals surface area contributed by atoms with E-state index in [1.165, 1.54) is 36.3 Å². The first-order chi connectivity index (χ1) is 17.5. The maximum atomic E-state index is 13.3. The lowest BCUT2D eigenvalue weighted by molar-refractivity contribution is -0.144. The molecule has 0 aromatic heterocycles. The maximum Gasteiger partial charge on any atom is 0.305 e. The van der Waals surface area contributed by atoms with Gasteiger partial charge in [0.25, 0.3) is 0 Å². The fourth-order valence-electron chi connectivity index (χ4n) is 3.98. The first-order valence-electron chi connectivity index (χ1n) is 11.4. The van der Waals surface area contributed by atoms with Gasteiger partial charge in [0.1, 0.15) is 23.7 Å². The van der Waals surface area contributed by atoms with Gasteiger partial charge in [0.05, 0.1) is 18.4 Å². The summed E-state index contributed by atoms with van der Waals surface area (Å²) in [5.74, 6) is -2.24. The van der Waals surface area contributed by atoms with Crippen molar-refractivity contribution in [2.45, 2.75) is 42.8 Å². The Kier molecular flexibility index (Phi) is 8.84. The standard InChI is InChI=1S/C24H29N5O7S/c1-36-17-8-10-18(11-9-17)37(34,35)28-19(13-21(30)31)24(33)29-12-2-3-20(29)23(32)27-14-15-4-6-16(7-5-15)22(25)26/h4-11,19-20,28H,2-3,12-14H2,1H3,(H3,25,26)(H,27,32)(H,30,31)/t19-,20-/m0/s1. The highest BCUT2D eigenvalue weighted by Gasteiger charge is 2.39. The van der Waals surface area contributed by atoms with E-state index in [1.807, 2.05) is 0 Å². The van der Waals surface area contributed by atoms with E-state index in [2.05, 4.69) is 10.0 Å². The van der Waals surface area contributed by atoms with Gasteiger partial charge in [0.15, 0.2) is 0 Å². The number of carboxylic acids is 1. The Morgan fingerprint density at radius 2 is 1.81 bits per heavy atom. The van der Waals surface area contributed by atoms with Crippen molar-refractivity contribution in [3.63, 3.8) is 0 Å². The molecule has 0 spiro atoms. The van der Waals surface area contributed by atoms with Crippen LogP contribution in [0.5, 0.6) is 5.75 Å². The third kappa shape index (κ3) is 7.05. The number of ether oxygens (including phenoxy) is 1. The van der Waals surface area contributed by atoms with Crippen molar-refractivity contribution in [1.82, 2.24) is 14.9 Å². The minimum Gasteiger partial charge on any atom is -0.497 e. The highest BCUT2D eigenvalue weighted by Crippen LogP contribution is 2.21. The van der Waals surface area contributed by atoms with Crippen LogP contribution in [0.2, 0.25) is 0 Å². The number of nitrogen functional groups attached to an aromatic ring is 1. The van der Waals surface area contributed by atoms with Crippen LogP contribution in [0.25, 0.3) is 0 Å². The molecule has 6 N–H and O–H groups in total. The number of hydrogen-bond acceptors (Lipinski definition) is 7. The maximum absolute atomic E-state index is 13.3. The fraction of sp³-hybridized carbons (Fsp3) is 0.333. The second-order valence-corrected chi connectivity index (χ2v) is 10.2. The average molecular weight is 532 g/mol. The summed E-state index contributed by atoms with van der Waals surface area (Å²) in [6.07, 6.45) is 0.0651. The van der Waals surface area contributed by atoms with E-state index in [4.69, 9.17) is 15.9 Å². The number of aliphatic carboxylic acids is 1. The summed E-state index contributed by atoms with van der Waals surface area (Å²) in [6.45, 7) is 0.350. The Hall–Kier alpha value is -3.97. The molecule has 1 aliphatic heterocycles. The lowest BCUT2D eigenvalue weighted by atomic mass is 10.1. The topological polar surface area (TPSA) is 192 Å². The van der Waals surface area contributed by atoms with Crippen LogP contribution < -0.4 is 20.5 Å². The predicted molar refractivity (Wildman–Crippen MR) is 133 cm³/mol. The van der Waals surface area contributed by atoms with Gasteiger partial charge in [-0.05, 0) is 42.7 Å². The van der Waals surface area contributed by atoms with E-state index in [1.54, 1.807) is 24.3 Å². The quantitative estimate of drug-likeness (QED) is 0.203. The number of methoxy groups -OCH3 is 1. The summed E-state index contributed by atoms with van der Waals surface area (Å²) >= 11 is 0. The summed E-state index contributed by atoms with van der Waals surface area (Å²) in [7, 11) is -2.81. The molecule has 3 rings (SSSR count). The van der Waals surface area contributed by atoms with Crippen LogP contribution in [0.15, 0.2) is 53.4 Å². The van der Waals surface area contributed by atoms with Crippen molar-refractivity contribution in [2.75, 3.05) is 13.7 Å². The van der Waals surface area contributed by atoms with Crippen molar-refractivity contribution in [2.24, 2.45) is 5.73 Å². The number of amidine groups is 1. The van der Waals surface area contributed by atoms with Crippen LogP contribution in [0, 0.1) is 5.41 Å². The number of nitrogens with two attached hydrogens (primary N) is 1. The van der Waals surface area contributed by atoms with Gasteiger partial charge in [-0.25, -0.2) is 8.42 Å². The Morgan fingerprint density at radius 1 is 1.16 bits per heavy atom. The number of rotatable bonds is 11. The molecule has 0 radical (unpaired) electrons. The zero-order valence-corrected chi connectivity index (χ0v) is 21.0. The number of nitrogens with one attached hydrogen (secondary N) is 3. The van der Waals surface area contributed by atoms with Gasteiger partial charge >= 0.3 is 5.97 Å². The molecule has 0 unspecified atom stereocenters. The number of benzene rings is 2. The molecule has 2 atom stereocenters. The lowest BCUT2D eigenvalue weighted by Crippen LogP contribution is -2.53. The number of amides is 2. The van der Waals surface area contributed by atoms with E-state index in [0.717, 1.165) is 5.56 Å². The summed E-state index contributed by atoms with van der Waals surface area (Å²) in [6, 6.07) is 9.67. The highest BCUT2D eigenvalue weighted by molar-refractivity contribution is 7.89. The third-order valence-electron chi connectivity index (χ3n) is 5.91. The van der Waals surface area contributed by atoms with Gasteiger partial charge in [0, 0.05) is 18.7 Å². The Balaban J connectivity index is 1.71. The molecule has 198 valence electrons. The fourth-order valence-corrected chi connectivity index (χ4v) is 5.17. The first-order valence-corrected chi connectivity index (χ1v) is 12.9. The first kappa shape index (κ1) is 27.6. The smallest absolute Gasteiger partial charge is 0.305 e. The second-order valence-electron chi connectivity index (χ2n) is 8.47. The van der Waals surface area contributed by atoms with Crippen LogP contribution in [0.1, 0.15) is 30.4 Å². The van der Waals surface area contributed by atoms with Crippen molar-refractivity contribution >= 4 is 33.6 Å². The number of sulfonamides is 1. The summed E-state index contributed by atoms with van der Waals surface area (Å²) in [5.41, 5.74) is 6.74. The third-order valence-corrected chi connectivity index (χ3v) is 7.40. The van der Waals surface area contributed by atoms with E-state index in [0.29, 0.717) is 24.2 Å². The molecule has 0 bridgehead atoms. The number of carbonyl (C=O) groups is 3. The predicted octanol–water partition coefficient (Wildman–Crippen LogP) is 0.408. The molecule has 1 aliphatic rings. The Labute approximate surface area is 214 Å². The van der Waals surface area contributed by atoms with E-state index in [-0.39, 0.29) is 23.8 Å². The second kappa shape index (κ2) is 11.8. The minimum absolute atomic E-state index is 0.0748. The molecule has 0 aliphatic carbocycles. The SMILES string of the molecule is COc1ccc(S(=O)(=O)N[C@@H](CC(=O)O)C(=O)N2CCC[C@H]2C(=O)NCc2ccc(C(=N)N)cc2)cc1. The molecule has 2 amide bonds. The zero-order chi connectivity index (χ0) is 27.2. The Bertz CT molecular complexity index is 1260. The molecule has 1 fully saturated rings. The summed E-state index contributed by atoms with van der Waals surface area (Å²) in [5, 5.41) is 19.5. The average Bonchev–Trinajstić information content (AvgIpc) is 3.36. The largest absolute Gasteiger partial charge is 0.497 e. The molecular weight excluding hydrogens is 502 g/mol. The van der Waals surface area contributed by atoms with Gasteiger partial charge in [0.2, 0.25) is 21.8 Å². The van der Waals surface area contributed by atoms with E-state index in [9.17, 15) is 27.9 Å². The van der Waals surface area contributed by atoms with Gasteiger partial charge in [-0.15, -0.1) is 0 Å². The lowest BCUT2D eigenvalue weighted by Gasteiger charge is -2.28. The van der Waals surface area contributed by atoms with Crippen LogP contribution in [-0.2, 0) is 31.0 Å².